The number of nitriles is 1. The lowest BCUT2D eigenvalue weighted by atomic mass is 9.94. The predicted octanol–water partition coefficient (Wildman–Crippen LogP) is 6.01. The number of nitrogens with one attached hydrogen (secondary N) is 1. The fourth-order valence-corrected chi connectivity index (χ4v) is 9.08. The maximum absolute atomic E-state index is 16.9. The van der Waals surface area contributed by atoms with Crippen LogP contribution in [0.3, 0.4) is 0 Å². The van der Waals surface area contributed by atoms with Crippen LogP contribution in [0, 0.1) is 23.0 Å². The van der Waals surface area contributed by atoms with E-state index in [-0.39, 0.29) is 53.9 Å². The third-order valence-corrected chi connectivity index (χ3v) is 11.1. The molecule has 3 N–H and O–H groups in total. The highest BCUT2D eigenvalue weighted by Gasteiger charge is 2.46. The largest absolute Gasteiger partial charge is 0.461 e. The summed E-state index contributed by atoms with van der Waals surface area (Å²) in [5.74, 6) is -0.646. The molecule has 4 fully saturated rings. The molecule has 8 rings (SSSR count). The zero-order chi connectivity index (χ0) is 30.3. The molecule has 44 heavy (non-hydrogen) atoms. The van der Waals surface area contributed by atoms with Crippen LogP contribution in [0.2, 0.25) is 5.02 Å². The first-order valence-electron chi connectivity index (χ1n) is 14.9. The Hall–Kier alpha value is -3.56. The molecule has 2 unspecified atom stereocenters. The Morgan fingerprint density at radius 2 is 2.05 bits per heavy atom. The summed E-state index contributed by atoms with van der Waals surface area (Å²) in [5.41, 5.74) is 7.57. The Labute approximate surface area is 262 Å². The normalized spacial score (nSPS) is 24.9. The van der Waals surface area contributed by atoms with Gasteiger partial charge < -0.3 is 20.7 Å². The number of ether oxygens (including phenoxy) is 1. The van der Waals surface area contributed by atoms with Gasteiger partial charge in [-0.05, 0) is 56.3 Å². The lowest BCUT2D eigenvalue weighted by molar-refractivity contribution is 0.108. The lowest BCUT2D eigenvalue weighted by Gasteiger charge is -2.34. The highest BCUT2D eigenvalue weighted by molar-refractivity contribution is 7.23. The van der Waals surface area contributed by atoms with Crippen molar-refractivity contribution in [3.63, 3.8) is 0 Å². The number of hydrogen-bond acceptors (Lipinski definition) is 9. The molecule has 0 aliphatic carbocycles. The third kappa shape index (κ3) is 4.26. The molecule has 2 aromatic carbocycles. The molecule has 0 saturated carbocycles. The second-order valence-electron chi connectivity index (χ2n) is 12.5. The number of anilines is 2. The fourth-order valence-electron chi connectivity index (χ4n) is 7.84. The summed E-state index contributed by atoms with van der Waals surface area (Å²) in [4.78, 5) is 14.1. The summed E-state index contributed by atoms with van der Waals surface area (Å²) in [6.45, 7) is 7.89. The first-order valence-corrected chi connectivity index (χ1v) is 16.1. The molecular formula is C32H30ClF2N7OS. The number of nitrogens with zero attached hydrogens (tertiary/aromatic N) is 5. The molecule has 8 nitrogen and oxygen atoms in total. The average Bonchev–Trinajstić information content (AvgIpc) is 3.73. The number of nitrogens with two attached hydrogens (primary N) is 1. The first-order chi connectivity index (χ1) is 21.2. The maximum atomic E-state index is 16.9. The van der Waals surface area contributed by atoms with E-state index in [4.69, 9.17) is 27.1 Å². The van der Waals surface area contributed by atoms with Crippen LogP contribution < -0.4 is 20.7 Å². The number of fused-ring (bicyclic) bond motifs is 5. The minimum Gasteiger partial charge on any atom is -0.461 e. The molecule has 3 atom stereocenters. The third-order valence-electron chi connectivity index (χ3n) is 9.76. The van der Waals surface area contributed by atoms with Gasteiger partial charge in [0.25, 0.3) is 0 Å². The molecule has 6 heterocycles. The summed E-state index contributed by atoms with van der Waals surface area (Å²) >= 11 is 7.81. The van der Waals surface area contributed by atoms with Crippen molar-refractivity contribution in [1.82, 2.24) is 20.2 Å². The molecule has 0 radical (unpaired) electrons. The summed E-state index contributed by atoms with van der Waals surface area (Å²) in [6.07, 6.45) is 5.08. The van der Waals surface area contributed by atoms with Gasteiger partial charge in [-0.2, -0.15) is 15.2 Å². The minimum atomic E-state index is -0.685. The van der Waals surface area contributed by atoms with Gasteiger partial charge in [-0.3, -0.25) is 4.90 Å². The molecule has 2 aromatic heterocycles. The number of halogens is 3. The van der Waals surface area contributed by atoms with E-state index in [0.29, 0.717) is 29.9 Å². The van der Waals surface area contributed by atoms with Crippen LogP contribution >= 0.6 is 22.9 Å². The van der Waals surface area contributed by atoms with Crippen molar-refractivity contribution < 1.29 is 13.5 Å². The number of piperazine rings is 1. The Bertz CT molecular complexity index is 1910. The molecular weight excluding hydrogens is 604 g/mol. The molecule has 0 amide bonds. The quantitative estimate of drug-likeness (QED) is 0.258. The topological polar surface area (TPSA) is 103 Å². The molecule has 4 aliphatic rings. The van der Waals surface area contributed by atoms with Crippen molar-refractivity contribution in [2.75, 3.05) is 43.4 Å². The Morgan fingerprint density at radius 3 is 2.82 bits per heavy atom. The highest BCUT2D eigenvalue weighted by atomic mass is 35.5. The van der Waals surface area contributed by atoms with E-state index in [0.717, 1.165) is 69.6 Å². The van der Waals surface area contributed by atoms with Crippen LogP contribution in [0.15, 0.2) is 30.4 Å². The van der Waals surface area contributed by atoms with E-state index in [9.17, 15) is 9.65 Å². The summed E-state index contributed by atoms with van der Waals surface area (Å²) in [7, 11) is 0. The lowest BCUT2D eigenvalue weighted by Crippen LogP contribution is -2.51. The first kappa shape index (κ1) is 28.0. The van der Waals surface area contributed by atoms with E-state index >= 15 is 4.39 Å². The minimum absolute atomic E-state index is 0.0297. The van der Waals surface area contributed by atoms with Crippen LogP contribution in [-0.2, 0) is 0 Å². The van der Waals surface area contributed by atoms with E-state index in [1.165, 1.54) is 17.7 Å². The van der Waals surface area contributed by atoms with Crippen molar-refractivity contribution in [3.8, 4) is 23.2 Å². The molecule has 4 saturated heterocycles. The van der Waals surface area contributed by atoms with Crippen LogP contribution in [0.1, 0.15) is 37.7 Å². The molecule has 4 aromatic rings. The van der Waals surface area contributed by atoms with Gasteiger partial charge in [0, 0.05) is 48.1 Å². The molecule has 4 aliphatic heterocycles. The monoisotopic (exact) mass is 633 g/mol. The van der Waals surface area contributed by atoms with Gasteiger partial charge >= 0.3 is 6.01 Å². The van der Waals surface area contributed by atoms with Crippen LogP contribution in [0.25, 0.3) is 32.1 Å². The van der Waals surface area contributed by atoms with Crippen molar-refractivity contribution in [3.05, 3.63) is 52.6 Å². The summed E-state index contributed by atoms with van der Waals surface area (Å²) in [5, 5.41) is 14.5. The van der Waals surface area contributed by atoms with Gasteiger partial charge in [0.05, 0.1) is 20.8 Å². The van der Waals surface area contributed by atoms with E-state index in [1.807, 2.05) is 0 Å². The summed E-state index contributed by atoms with van der Waals surface area (Å²) < 4.78 is 38.3. The van der Waals surface area contributed by atoms with Gasteiger partial charge in [0.2, 0.25) is 0 Å². The number of benzene rings is 2. The van der Waals surface area contributed by atoms with Gasteiger partial charge in [0.1, 0.15) is 34.8 Å². The summed E-state index contributed by atoms with van der Waals surface area (Å²) in [6, 6.07) is 7.15. The zero-order valence-corrected chi connectivity index (χ0v) is 25.5. The molecule has 2 bridgehead atoms. The Balaban J connectivity index is 1.29. The van der Waals surface area contributed by atoms with Crippen molar-refractivity contribution in [1.29, 1.82) is 5.26 Å². The fraction of sp³-hybridized carbons (Fsp3) is 0.406. The van der Waals surface area contributed by atoms with E-state index < -0.39 is 11.6 Å². The predicted molar refractivity (Wildman–Crippen MR) is 169 cm³/mol. The number of nitrogen functional groups attached to an aromatic ring is 1. The van der Waals surface area contributed by atoms with Gasteiger partial charge in [-0.25, -0.2) is 8.78 Å². The smallest absolute Gasteiger partial charge is 0.319 e. The van der Waals surface area contributed by atoms with Crippen LogP contribution in [0.5, 0.6) is 6.01 Å². The molecule has 0 spiro atoms. The van der Waals surface area contributed by atoms with Crippen molar-refractivity contribution in [2.45, 2.75) is 49.7 Å². The van der Waals surface area contributed by atoms with E-state index in [1.54, 1.807) is 6.07 Å². The van der Waals surface area contributed by atoms with Crippen molar-refractivity contribution >= 4 is 54.7 Å². The van der Waals surface area contributed by atoms with Gasteiger partial charge in [-0.15, -0.1) is 11.3 Å². The number of aromatic nitrogens is 2. The Kier molecular flexibility index (Phi) is 6.50. The average molecular weight is 634 g/mol. The van der Waals surface area contributed by atoms with Gasteiger partial charge in [-0.1, -0.05) is 29.8 Å². The number of rotatable bonds is 5. The maximum Gasteiger partial charge on any atom is 0.319 e. The highest BCUT2D eigenvalue weighted by Crippen LogP contribution is 2.46. The van der Waals surface area contributed by atoms with Crippen molar-refractivity contribution in [2.24, 2.45) is 0 Å². The SMILES string of the molecule is C=C1CN2CCC[C@@]2(COc2nc(N3CC4CCC(C3)N4)c3cc(Cl)c(-c4ccc(F)c5sc(N)c(C#N)c45)c(F)c3n2)C1. The second-order valence-corrected chi connectivity index (χ2v) is 14.0. The standard InChI is InChI=1S/C32H30ClF2N7OS/c1-16-10-32(7-2-8-42(32)12-16)15-43-31-39-27-20(30(40-31)41-13-17-3-4-18(14-41)38-17)9-22(33)25(26(27)35)19-5-6-23(34)28-24(19)21(11-36)29(37)44-28/h5-6,9,17-18,38H,1-4,7-8,10,12-15,37H2/t17?,18?,32-/m0/s1. The van der Waals surface area contributed by atoms with Gasteiger partial charge in [0.15, 0.2) is 5.82 Å². The molecule has 226 valence electrons. The van der Waals surface area contributed by atoms with Crippen LogP contribution in [-0.4, -0.2) is 65.3 Å². The molecule has 12 heteroatoms. The Morgan fingerprint density at radius 1 is 1.25 bits per heavy atom. The van der Waals surface area contributed by atoms with Crippen LogP contribution in [0.4, 0.5) is 19.6 Å². The van der Waals surface area contributed by atoms with E-state index in [2.05, 4.69) is 32.7 Å². The zero-order valence-electron chi connectivity index (χ0n) is 23.9. The number of hydrogen-bond donors (Lipinski definition) is 2. The second kappa shape index (κ2) is 10.2. The number of thiophene rings is 1.